The summed E-state index contributed by atoms with van der Waals surface area (Å²) in [6.45, 7) is 3.02. The summed E-state index contributed by atoms with van der Waals surface area (Å²) in [6.07, 6.45) is -6.28. The van der Waals surface area contributed by atoms with Crippen LogP contribution in [0.1, 0.15) is 67.2 Å². The Balaban J connectivity index is 2.04. The molecule has 0 unspecified atom stereocenters. The number of anilines is 1. The van der Waals surface area contributed by atoms with E-state index in [9.17, 15) is 31.9 Å². The Labute approximate surface area is 181 Å². The van der Waals surface area contributed by atoms with Crippen LogP contribution in [0, 0.1) is 6.92 Å². The molecule has 3 heterocycles. The summed E-state index contributed by atoms with van der Waals surface area (Å²) in [4.78, 5) is 40.2. The molecular weight excluding hydrogens is 458 g/mol. The van der Waals surface area contributed by atoms with Crippen molar-refractivity contribution in [3.8, 4) is 0 Å². The maximum absolute atomic E-state index is 13.3. The number of ether oxygens (including phenoxy) is 1. The third kappa shape index (κ3) is 4.26. The number of primary amides is 1. The first-order valence-corrected chi connectivity index (χ1v) is 9.75. The molecule has 3 aromatic rings. The molecule has 9 nitrogen and oxygen atoms in total. The monoisotopic (exact) mass is 473 g/mol. The summed E-state index contributed by atoms with van der Waals surface area (Å²) in [7, 11) is 0. The number of hydrogen-bond acceptors (Lipinski definition) is 7. The summed E-state index contributed by atoms with van der Waals surface area (Å²) in [5.41, 5.74) is 2.78. The number of carbonyl (C=O) groups excluding carboxylic acids is 3. The Bertz CT molecular complexity index is 1220. The van der Waals surface area contributed by atoms with E-state index >= 15 is 0 Å². The zero-order chi connectivity index (χ0) is 23.7. The Morgan fingerprint density at radius 3 is 2.47 bits per heavy atom. The maximum Gasteiger partial charge on any atom is 0.341 e. The highest BCUT2D eigenvalue weighted by molar-refractivity contribution is 7.18. The molecule has 0 radical (unpaired) electrons. The van der Waals surface area contributed by atoms with Crippen molar-refractivity contribution in [3.05, 3.63) is 45.2 Å². The lowest BCUT2D eigenvalue weighted by Crippen LogP contribution is -2.16. The van der Waals surface area contributed by atoms with E-state index in [1.54, 1.807) is 6.92 Å². The number of nitrogens with two attached hydrogens (primary N) is 1. The molecule has 0 aliphatic heterocycles. The van der Waals surface area contributed by atoms with Gasteiger partial charge in [0.15, 0.2) is 11.3 Å². The lowest BCUT2D eigenvalue weighted by Gasteiger charge is -2.06. The molecule has 2 amide bonds. The molecular formula is C18H15F4N5O4S. The molecule has 0 bridgehead atoms. The fourth-order valence-corrected chi connectivity index (χ4v) is 3.89. The van der Waals surface area contributed by atoms with Crippen LogP contribution in [0.25, 0.3) is 5.65 Å². The Morgan fingerprint density at radius 2 is 1.91 bits per heavy atom. The largest absolute Gasteiger partial charge is 0.462 e. The molecule has 170 valence electrons. The van der Waals surface area contributed by atoms with E-state index in [4.69, 9.17) is 10.5 Å². The van der Waals surface area contributed by atoms with Gasteiger partial charge in [-0.25, -0.2) is 31.9 Å². The van der Waals surface area contributed by atoms with Crippen molar-refractivity contribution >= 4 is 39.8 Å². The van der Waals surface area contributed by atoms with Gasteiger partial charge < -0.3 is 15.8 Å². The standard InChI is InChI=1S/C18H15F4N5O4S/c1-3-31-18(30)11-6(2)12(15(23)28)32-17(11)25-16(29)8-5-10-24-7(13(19)20)4-9(14(21)22)27(10)26-8/h4-5,13-14H,3H2,1-2H3,(H2,23,28)(H,25,29). The quantitative estimate of drug-likeness (QED) is 0.399. The minimum atomic E-state index is -3.16. The normalized spacial score (nSPS) is 11.4. The molecule has 14 heteroatoms. The highest BCUT2D eigenvalue weighted by Crippen LogP contribution is 2.34. The van der Waals surface area contributed by atoms with Crippen molar-refractivity contribution in [1.29, 1.82) is 0 Å². The van der Waals surface area contributed by atoms with Crippen LogP contribution < -0.4 is 11.1 Å². The fraction of sp³-hybridized carbons (Fsp3) is 0.278. The predicted molar refractivity (Wildman–Crippen MR) is 104 cm³/mol. The van der Waals surface area contributed by atoms with Gasteiger partial charge in [-0.3, -0.25) is 9.59 Å². The molecule has 3 N–H and O–H groups in total. The number of hydrogen-bond donors (Lipinski definition) is 2. The molecule has 0 atom stereocenters. The number of halogens is 4. The first-order valence-electron chi connectivity index (χ1n) is 8.93. The minimum Gasteiger partial charge on any atom is -0.462 e. The van der Waals surface area contributed by atoms with E-state index in [1.165, 1.54) is 6.92 Å². The number of nitrogens with one attached hydrogen (secondary N) is 1. The van der Waals surface area contributed by atoms with Crippen LogP contribution in [0.2, 0.25) is 0 Å². The summed E-state index contributed by atoms with van der Waals surface area (Å²) in [5.74, 6) is -2.61. The molecule has 3 rings (SSSR count). The number of aromatic nitrogens is 3. The summed E-state index contributed by atoms with van der Waals surface area (Å²) in [6, 6.07) is 1.43. The number of carbonyl (C=O) groups is 3. The van der Waals surface area contributed by atoms with Gasteiger partial charge >= 0.3 is 5.97 Å². The molecule has 0 saturated heterocycles. The van der Waals surface area contributed by atoms with E-state index in [-0.39, 0.29) is 27.6 Å². The van der Waals surface area contributed by atoms with Crippen molar-refractivity contribution in [2.75, 3.05) is 11.9 Å². The fourth-order valence-electron chi connectivity index (χ4n) is 2.85. The SMILES string of the molecule is CCOC(=O)c1c(NC(=O)c2cc3nc(C(F)F)cc(C(F)F)n3n2)sc(C(N)=O)c1C. The smallest absolute Gasteiger partial charge is 0.341 e. The van der Waals surface area contributed by atoms with E-state index in [1.807, 2.05) is 0 Å². The van der Waals surface area contributed by atoms with Crippen molar-refractivity contribution < 1.29 is 36.7 Å². The second-order valence-corrected chi connectivity index (χ2v) is 7.33. The van der Waals surface area contributed by atoms with Crippen molar-refractivity contribution in [2.24, 2.45) is 5.73 Å². The van der Waals surface area contributed by atoms with Gasteiger partial charge in [0, 0.05) is 6.07 Å². The summed E-state index contributed by atoms with van der Waals surface area (Å²) >= 11 is 0.716. The van der Waals surface area contributed by atoms with Crippen LogP contribution in [0.4, 0.5) is 22.6 Å². The van der Waals surface area contributed by atoms with Gasteiger partial charge in [-0.2, -0.15) is 5.10 Å². The van der Waals surface area contributed by atoms with Crippen LogP contribution in [0.15, 0.2) is 12.1 Å². The highest BCUT2D eigenvalue weighted by atomic mass is 32.1. The average molecular weight is 473 g/mol. The molecule has 3 aromatic heterocycles. The predicted octanol–water partition coefficient (Wildman–Crippen LogP) is 3.50. The first kappa shape index (κ1) is 23.1. The minimum absolute atomic E-state index is 0.00147. The van der Waals surface area contributed by atoms with Crippen LogP contribution in [0.5, 0.6) is 0 Å². The third-order valence-corrected chi connectivity index (χ3v) is 5.45. The molecule has 0 aliphatic carbocycles. The van der Waals surface area contributed by atoms with E-state index in [0.717, 1.165) is 6.07 Å². The third-order valence-electron chi connectivity index (χ3n) is 4.23. The Hall–Kier alpha value is -3.55. The Morgan fingerprint density at radius 1 is 1.22 bits per heavy atom. The van der Waals surface area contributed by atoms with Crippen LogP contribution in [-0.2, 0) is 4.74 Å². The number of esters is 1. The number of rotatable bonds is 7. The van der Waals surface area contributed by atoms with Gasteiger partial charge in [-0.15, -0.1) is 11.3 Å². The van der Waals surface area contributed by atoms with Crippen molar-refractivity contribution in [3.63, 3.8) is 0 Å². The van der Waals surface area contributed by atoms with Gasteiger partial charge in [-0.05, 0) is 25.5 Å². The molecule has 32 heavy (non-hydrogen) atoms. The summed E-state index contributed by atoms with van der Waals surface area (Å²) < 4.78 is 58.1. The second-order valence-electron chi connectivity index (χ2n) is 6.31. The van der Waals surface area contributed by atoms with Crippen LogP contribution in [-0.4, -0.2) is 39.0 Å². The van der Waals surface area contributed by atoms with Crippen LogP contribution >= 0.6 is 11.3 Å². The summed E-state index contributed by atoms with van der Waals surface area (Å²) in [5, 5.41) is 6.00. The average Bonchev–Trinajstić information content (AvgIpc) is 3.28. The number of fused-ring (bicyclic) bond motifs is 1. The number of amides is 2. The van der Waals surface area contributed by atoms with Gasteiger partial charge in [0.1, 0.15) is 16.4 Å². The topological polar surface area (TPSA) is 129 Å². The van der Waals surface area contributed by atoms with E-state index in [2.05, 4.69) is 15.4 Å². The second kappa shape index (κ2) is 8.90. The molecule has 0 saturated carbocycles. The van der Waals surface area contributed by atoms with Gasteiger partial charge in [-0.1, -0.05) is 0 Å². The molecule has 0 spiro atoms. The maximum atomic E-state index is 13.3. The number of thiophene rings is 1. The van der Waals surface area contributed by atoms with E-state index < -0.39 is 53.4 Å². The molecule has 0 aromatic carbocycles. The van der Waals surface area contributed by atoms with Gasteiger partial charge in [0.2, 0.25) is 0 Å². The van der Waals surface area contributed by atoms with E-state index in [0.29, 0.717) is 21.9 Å². The van der Waals surface area contributed by atoms with Crippen molar-refractivity contribution in [2.45, 2.75) is 26.7 Å². The highest BCUT2D eigenvalue weighted by Gasteiger charge is 2.27. The van der Waals surface area contributed by atoms with Gasteiger partial charge in [0.05, 0.1) is 17.0 Å². The number of alkyl halides is 4. The van der Waals surface area contributed by atoms with Crippen LogP contribution in [0.3, 0.4) is 0 Å². The first-order chi connectivity index (χ1) is 15.0. The molecule has 0 fully saturated rings. The lowest BCUT2D eigenvalue weighted by molar-refractivity contribution is 0.0527. The zero-order valence-corrected chi connectivity index (χ0v) is 17.3. The zero-order valence-electron chi connectivity index (χ0n) is 16.5. The lowest BCUT2D eigenvalue weighted by atomic mass is 10.1. The van der Waals surface area contributed by atoms with Crippen molar-refractivity contribution in [1.82, 2.24) is 14.6 Å². The molecule has 0 aliphatic rings. The number of nitrogens with zero attached hydrogens (tertiary/aromatic N) is 3. The van der Waals surface area contributed by atoms with Gasteiger partial charge in [0.25, 0.3) is 24.7 Å². The Kier molecular flexibility index (Phi) is 6.43.